The van der Waals surface area contributed by atoms with E-state index in [9.17, 15) is 39.2 Å². The zero-order valence-electron chi connectivity index (χ0n) is 18.7. The standard InChI is InChI=1S/C19H22N2O9S3.Na/c1-12(2)19(22)20-15-8-6-13(17(10-15)32(25,26)27)4-5-14-7-9-16(21-31(3,23)24)11-18(14)33(28,29)30;/h4-12,21H,1-3H3,(H,20,22)(H,25,26,27)(H,28,29,30);/q;+1/b5-4+;. The van der Waals surface area contributed by atoms with Crippen LogP contribution in [-0.4, -0.2) is 46.5 Å². The second-order valence-electron chi connectivity index (χ2n) is 7.31. The Bertz CT molecular complexity index is 1430. The van der Waals surface area contributed by atoms with E-state index >= 15 is 0 Å². The molecule has 0 spiro atoms. The Balaban J connectivity index is 0.00000578. The van der Waals surface area contributed by atoms with Gasteiger partial charge in [0.05, 0.1) is 6.26 Å². The second kappa shape index (κ2) is 11.3. The molecule has 180 valence electrons. The summed E-state index contributed by atoms with van der Waals surface area (Å²) in [6.07, 6.45) is 3.19. The number of hydrogen-bond donors (Lipinski definition) is 4. The molecule has 0 saturated carbocycles. The molecule has 0 fully saturated rings. The predicted molar refractivity (Wildman–Crippen MR) is 123 cm³/mol. The van der Waals surface area contributed by atoms with Crippen molar-refractivity contribution in [3.63, 3.8) is 0 Å². The summed E-state index contributed by atoms with van der Waals surface area (Å²) in [5, 5.41) is 2.50. The van der Waals surface area contributed by atoms with Crippen molar-refractivity contribution in [2.24, 2.45) is 5.92 Å². The van der Waals surface area contributed by atoms with Gasteiger partial charge in [-0.1, -0.05) is 38.1 Å². The first-order valence-corrected chi connectivity index (χ1v) is 13.9. The fourth-order valence-corrected chi connectivity index (χ4v) is 4.59. The summed E-state index contributed by atoms with van der Waals surface area (Å²) in [5.41, 5.74) is -0.130. The molecule has 34 heavy (non-hydrogen) atoms. The summed E-state index contributed by atoms with van der Waals surface area (Å²) < 4.78 is 91.2. The first kappa shape index (κ1) is 30.3. The molecule has 0 aromatic heterocycles. The number of nitrogens with one attached hydrogen (secondary N) is 2. The van der Waals surface area contributed by atoms with E-state index in [-0.39, 0.29) is 63.9 Å². The van der Waals surface area contributed by atoms with Gasteiger partial charge in [0, 0.05) is 17.3 Å². The van der Waals surface area contributed by atoms with Crippen LogP contribution in [0.4, 0.5) is 11.4 Å². The van der Waals surface area contributed by atoms with Crippen LogP contribution in [0.5, 0.6) is 0 Å². The van der Waals surface area contributed by atoms with Crippen LogP contribution in [0.15, 0.2) is 46.2 Å². The summed E-state index contributed by atoms with van der Waals surface area (Å²) in [6.45, 7) is 3.28. The zero-order chi connectivity index (χ0) is 25.2. The van der Waals surface area contributed by atoms with E-state index in [0.29, 0.717) is 0 Å². The second-order valence-corrected chi connectivity index (χ2v) is 11.8. The van der Waals surface area contributed by atoms with Crippen molar-refractivity contribution in [2.75, 3.05) is 16.3 Å². The number of benzene rings is 2. The van der Waals surface area contributed by atoms with Crippen LogP contribution in [0, 0.1) is 5.92 Å². The van der Waals surface area contributed by atoms with Gasteiger partial charge < -0.3 is 5.32 Å². The Morgan fingerprint density at radius 2 is 1.24 bits per heavy atom. The number of sulfonamides is 1. The average Bonchev–Trinajstić information content (AvgIpc) is 2.64. The van der Waals surface area contributed by atoms with Gasteiger partial charge in [-0.25, -0.2) is 8.42 Å². The van der Waals surface area contributed by atoms with Crippen molar-refractivity contribution in [3.05, 3.63) is 47.5 Å². The van der Waals surface area contributed by atoms with Gasteiger partial charge in [-0.05, 0) is 35.4 Å². The summed E-state index contributed by atoms with van der Waals surface area (Å²) in [5.74, 6) is -0.752. The molecule has 0 radical (unpaired) electrons. The van der Waals surface area contributed by atoms with Crippen LogP contribution in [0.2, 0.25) is 0 Å². The Kier molecular flexibility index (Phi) is 10.1. The fraction of sp³-hybridized carbons (Fsp3) is 0.211. The fourth-order valence-electron chi connectivity index (χ4n) is 2.61. The molecule has 0 aliphatic rings. The molecule has 11 nitrogen and oxygen atoms in total. The maximum atomic E-state index is 11.9. The van der Waals surface area contributed by atoms with Gasteiger partial charge in [0.2, 0.25) is 15.9 Å². The van der Waals surface area contributed by atoms with E-state index in [1.807, 2.05) is 0 Å². The maximum Gasteiger partial charge on any atom is 1.00 e. The normalized spacial score (nSPS) is 12.4. The van der Waals surface area contributed by atoms with Gasteiger partial charge in [0.1, 0.15) is 9.79 Å². The van der Waals surface area contributed by atoms with Crippen molar-refractivity contribution in [3.8, 4) is 0 Å². The minimum absolute atomic E-state index is 0. The van der Waals surface area contributed by atoms with E-state index in [2.05, 4.69) is 10.0 Å². The predicted octanol–water partition coefficient (Wildman–Crippen LogP) is -0.680. The largest absolute Gasteiger partial charge is 1.00 e. The number of rotatable bonds is 8. The quantitative estimate of drug-likeness (QED) is 0.191. The van der Waals surface area contributed by atoms with Crippen LogP contribution in [0.3, 0.4) is 0 Å². The number of hydrogen-bond acceptors (Lipinski definition) is 7. The van der Waals surface area contributed by atoms with Crippen LogP contribution < -0.4 is 39.6 Å². The molecule has 0 atom stereocenters. The Labute approximate surface area is 220 Å². The third-order valence-electron chi connectivity index (χ3n) is 4.12. The molecule has 0 unspecified atom stereocenters. The summed E-state index contributed by atoms with van der Waals surface area (Å²) in [7, 11) is -13.2. The molecule has 2 rings (SSSR count). The molecule has 0 aliphatic heterocycles. The monoisotopic (exact) mass is 541 g/mol. The minimum atomic E-state index is -4.78. The SMILES string of the molecule is CC(C)C(=O)Nc1ccc(/C=C/c2ccc(NS(C)(=O)=O)cc2S(=O)(=O)O)c(S(=O)(=O)O)c1.[Na+]. The topological polar surface area (TPSA) is 184 Å². The third-order valence-corrected chi connectivity index (χ3v) is 6.55. The van der Waals surface area contributed by atoms with Gasteiger partial charge in [0.25, 0.3) is 20.2 Å². The van der Waals surface area contributed by atoms with E-state index in [0.717, 1.165) is 24.5 Å². The van der Waals surface area contributed by atoms with Crippen molar-refractivity contribution in [1.82, 2.24) is 0 Å². The van der Waals surface area contributed by atoms with Crippen molar-refractivity contribution < 1.29 is 68.7 Å². The molecule has 2 aromatic carbocycles. The van der Waals surface area contributed by atoms with Gasteiger partial charge >= 0.3 is 29.6 Å². The zero-order valence-corrected chi connectivity index (χ0v) is 23.1. The summed E-state index contributed by atoms with van der Waals surface area (Å²) in [4.78, 5) is 10.7. The van der Waals surface area contributed by atoms with Crippen LogP contribution in [-0.2, 0) is 35.1 Å². The van der Waals surface area contributed by atoms with Gasteiger partial charge in [-0.2, -0.15) is 16.8 Å². The van der Waals surface area contributed by atoms with E-state index in [1.165, 1.54) is 30.3 Å². The Hall–Kier alpha value is -1.78. The number of anilines is 2. The Morgan fingerprint density at radius 3 is 1.62 bits per heavy atom. The maximum absolute atomic E-state index is 11.9. The van der Waals surface area contributed by atoms with Crippen molar-refractivity contribution in [1.29, 1.82) is 0 Å². The number of carbonyl (C=O) groups is 1. The molecule has 0 bridgehead atoms. The molecular formula is C19H22N2NaO9S3+. The molecule has 0 heterocycles. The molecule has 2 aromatic rings. The number of amides is 1. The van der Waals surface area contributed by atoms with Gasteiger partial charge in [-0.3, -0.25) is 18.6 Å². The summed E-state index contributed by atoms with van der Waals surface area (Å²) in [6, 6.07) is 7.03. The summed E-state index contributed by atoms with van der Waals surface area (Å²) >= 11 is 0. The Morgan fingerprint density at radius 1 is 0.824 bits per heavy atom. The molecule has 0 saturated heterocycles. The van der Waals surface area contributed by atoms with E-state index < -0.39 is 40.1 Å². The first-order valence-electron chi connectivity index (χ1n) is 9.17. The number of carbonyl (C=O) groups excluding carboxylic acids is 1. The molecule has 15 heteroatoms. The van der Waals surface area contributed by atoms with Crippen molar-refractivity contribution in [2.45, 2.75) is 23.6 Å². The average molecular weight is 542 g/mol. The molecular weight excluding hydrogens is 519 g/mol. The molecule has 4 N–H and O–H groups in total. The van der Waals surface area contributed by atoms with E-state index in [4.69, 9.17) is 0 Å². The minimum Gasteiger partial charge on any atom is -0.326 e. The van der Waals surface area contributed by atoms with Gasteiger partial charge in [-0.15, -0.1) is 0 Å². The molecule has 0 aliphatic carbocycles. The van der Waals surface area contributed by atoms with Crippen molar-refractivity contribution >= 4 is 59.7 Å². The third kappa shape index (κ3) is 8.78. The van der Waals surface area contributed by atoms with Crippen LogP contribution in [0.1, 0.15) is 25.0 Å². The van der Waals surface area contributed by atoms with Crippen LogP contribution in [0.25, 0.3) is 12.2 Å². The van der Waals surface area contributed by atoms with Gasteiger partial charge in [0.15, 0.2) is 0 Å². The first-order chi connectivity index (χ1) is 15.0. The molecule has 1 amide bonds. The van der Waals surface area contributed by atoms with E-state index in [1.54, 1.807) is 13.8 Å². The smallest absolute Gasteiger partial charge is 0.326 e. The van der Waals surface area contributed by atoms with Crippen LogP contribution >= 0.6 is 0 Å².